The van der Waals surface area contributed by atoms with Gasteiger partial charge in [-0.3, -0.25) is 4.98 Å². The van der Waals surface area contributed by atoms with Crippen LogP contribution in [0.2, 0.25) is 0 Å². The van der Waals surface area contributed by atoms with Gasteiger partial charge < -0.3 is 11.5 Å². The molecule has 1 rings (SSSR count). The summed E-state index contributed by atoms with van der Waals surface area (Å²) in [4.78, 5) is 6.75. The predicted octanol–water partition coefficient (Wildman–Crippen LogP) is 0.874. The first kappa shape index (κ1) is 11.3. The number of aromatic nitrogens is 1. The van der Waals surface area contributed by atoms with Crippen LogP contribution in [0.15, 0.2) is 23.3 Å². The number of pyridine rings is 1. The molecular formula is C8H9F3N4. The second-order valence-electron chi connectivity index (χ2n) is 2.75. The Bertz CT molecular complexity index is 368. The van der Waals surface area contributed by atoms with Gasteiger partial charge in [-0.05, 0) is 6.07 Å². The van der Waals surface area contributed by atoms with Crippen LogP contribution in [0.1, 0.15) is 11.3 Å². The molecule has 0 amide bonds. The SMILES string of the molecule is NC(N)=NCc1cccnc1C(F)(F)F. The molecule has 0 bridgehead atoms. The Labute approximate surface area is 83.8 Å². The Balaban J connectivity index is 3.02. The van der Waals surface area contributed by atoms with Gasteiger partial charge in [0.2, 0.25) is 0 Å². The van der Waals surface area contributed by atoms with Crippen molar-refractivity contribution in [2.45, 2.75) is 12.7 Å². The lowest BCUT2D eigenvalue weighted by molar-refractivity contribution is -0.141. The fourth-order valence-corrected chi connectivity index (χ4v) is 0.998. The maximum Gasteiger partial charge on any atom is 0.433 e. The highest BCUT2D eigenvalue weighted by atomic mass is 19.4. The summed E-state index contributed by atoms with van der Waals surface area (Å²) in [5.74, 6) is -0.257. The molecule has 1 heterocycles. The monoisotopic (exact) mass is 218 g/mol. The van der Waals surface area contributed by atoms with Crippen molar-refractivity contribution >= 4 is 5.96 Å². The minimum Gasteiger partial charge on any atom is -0.370 e. The van der Waals surface area contributed by atoms with E-state index in [9.17, 15) is 13.2 Å². The van der Waals surface area contributed by atoms with Gasteiger partial charge in [0.1, 0.15) is 5.69 Å². The van der Waals surface area contributed by atoms with Crippen LogP contribution in [-0.4, -0.2) is 10.9 Å². The number of nitrogens with two attached hydrogens (primary N) is 2. The standard InChI is InChI=1S/C8H9F3N4/c9-8(10,11)6-5(2-1-3-14-6)4-15-7(12)13/h1-3H,4H2,(H4,12,13,15). The van der Waals surface area contributed by atoms with Crippen LogP contribution in [0.5, 0.6) is 0 Å². The fraction of sp³-hybridized carbons (Fsp3) is 0.250. The Morgan fingerprint density at radius 1 is 1.40 bits per heavy atom. The van der Waals surface area contributed by atoms with Crippen LogP contribution in [-0.2, 0) is 12.7 Å². The smallest absolute Gasteiger partial charge is 0.370 e. The number of rotatable bonds is 2. The number of halogens is 3. The van der Waals surface area contributed by atoms with Crippen molar-refractivity contribution in [1.82, 2.24) is 4.98 Å². The summed E-state index contributed by atoms with van der Waals surface area (Å²) in [5, 5.41) is 0. The van der Waals surface area contributed by atoms with Gasteiger partial charge >= 0.3 is 6.18 Å². The van der Waals surface area contributed by atoms with Gasteiger partial charge in [-0.2, -0.15) is 13.2 Å². The van der Waals surface area contributed by atoms with Gasteiger partial charge in [0, 0.05) is 11.8 Å². The molecule has 0 radical (unpaired) electrons. The number of hydrogen-bond acceptors (Lipinski definition) is 2. The molecule has 0 aromatic carbocycles. The normalized spacial score (nSPS) is 11.1. The Kier molecular flexibility index (Phi) is 3.13. The second kappa shape index (κ2) is 4.16. The summed E-state index contributed by atoms with van der Waals surface area (Å²) in [7, 11) is 0. The fourth-order valence-electron chi connectivity index (χ4n) is 0.998. The lowest BCUT2D eigenvalue weighted by atomic mass is 10.2. The van der Waals surface area contributed by atoms with E-state index >= 15 is 0 Å². The van der Waals surface area contributed by atoms with E-state index in [0.717, 1.165) is 6.20 Å². The first-order valence-electron chi connectivity index (χ1n) is 3.97. The molecule has 0 saturated carbocycles. The molecular weight excluding hydrogens is 209 g/mol. The summed E-state index contributed by atoms with van der Waals surface area (Å²) in [5.41, 5.74) is 9.03. The highest BCUT2D eigenvalue weighted by molar-refractivity contribution is 5.75. The van der Waals surface area contributed by atoms with Crippen molar-refractivity contribution in [1.29, 1.82) is 0 Å². The summed E-state index contributed by atoms with van der Waals surface area (Å²) < 4.78 is 37.2. The zero-order chi connectivity index (χ0) is 11.5. The molecule has 0 unspecified atom stereocenters. The molecule has 15 heavy (non-hydrogen) atoms. The van der Waals surface area contributed by atoms with Crippen LogP contribution in [0.4, 0.5) is 13.2 Å². The minimum absolute atomic E-state index is 0.0570. The highest BCUT2D eigenvalue weighted by Crippen LogP contribution is 2.30. The van der Waals surface area contributed by atoms with Crippen molar-refractivity contribution in [3.63, 3.8) is 0 Å². The summed E-state index contributed by atoms with van der Waals surface area (Å²) >= 11 is 0. The number of alkyl halides is 3. The Hall–Kier alpha value is -1.79. The van der Waals surface area contributed by atoms with Gasteiger partial charge in [0.05, 0.1) is 6.54 Å². The number of hydrogen-bond donors (Lipinski definition) is 2. The molecule has 0 fully saturated rings. The minimum atomic E-state index is -4.49. The topological polar surface area (TPSA) is 77.3 Å². The molecule has 0 aliphatic rings. The molecule has 4 N–H and O–H groups in total. The summed E-state index contributed by atoms with van der Waals surface area (Å²) in [6, 6.07) is 2.68. The average Bonchev–Trinajstić information content (AvgIpc) is 2.13. The molecule has 0 aliphatic carbocycles. The highest BCUT2D eigenvalue weighted by Gasteiger charge is 2.34. The summed E-state index contributed by atoms with van der Waals surface area (Å²) in [6.07, 6.45) is -3.42. The van der Waals surface area contributed by atoms with Crippen LogP contribution in [0.3, 0.4) is 0 Å². The molecule has 0 atom stereocenters. The van der Waals surface area contributed by atoms with Crippen LogP contribution >= 0.6 is 0 Å². The molecule has 1 aromatic heterocycles. The van der Waals surface area contributed by atoms with E-state index in [0.29, 0.717) is 0 Å². The largest absolute Gasteiger partial charge is 0.433 e. The quantitative estimate of drug-likeness (QED) is 0.571. The average molecular weight is 218 g/mol. The lowest BCUT2D eigenvalue weighted by Crippen LogP contribution is -2.23. The van der Waals surface area contributed by atoms with Crippen molar-refractivity contribution in [3.05, 3.63) is 29.6 Å². The van der Waals surface area contributed by atoms with E-state index in [1.807, 2.05) is 0 Å². The maximum absolute atomic E-state index is 12.4. The van der Waals surface area contributed by atoms with Crippen molar-refractivity contribution in [2.24, 2.45) is 16.5 Å². The van der Waals surface area contributed by atoms with E-state index in [2.05, 4.69) is 9.98 Å². The first-order valence-corrected chi connectivity index (χ1v) is 3.97. The first-order chi connectivity index (χ1) is 6.91. The van der Waals surface area contributed by atoms with E-state index in [4.69, 9.17) is 11.5 Å². The molecule has 1 aromatic rings. The molecule has 0 saturated heterocycles. The lowest BCUT2D eigenvalue weighted by Gasteiger charge is -2.09. The van der Waals surface area contributed by atoms with Crippen molar-refractivity contribution in [3.8, 4) is 0 Å². The van der Waals surface area contributed by atoms with E-state index in [1.54, 1.807) is 0 Å². The molecule has 0 aliphatic heterocycles. The van der Waals surface area contributed by atoms with Crippen LogP contribution < -0.4 is 11.5 Å². The molecule has 0 spiro atoms. The molecule has 4 nitrogen and oxygen atoms in total. The molecule has 7 heteroatoms. The van der Waals surface area contributed by atoms with E-state index in [-0.39, 0.29) is 18.1 Å². The van der Waals surface area contributed by atoms with Crippen molar-refractivity contribution in [2.75, 3.05) is 0 Å². The zero-order valence-corrected chi connectivity index (χ0v) is 7.62. The van der Waals surface area contributed by atoms with Crippen molar-refractivity contribution < 1.29 is 13.2 Å². The van der Waals surface area contributed by atoms with Gasteiger partial charge in [0.15, 0.2) is 5.96 Å². The van der Waals surface area contributed by atoms with E-state index in [1.165, 1.54) is 12.1 Å². The van der Waals surface area contributed by atoms with Crippen LogP contribution in [0.25, 0.3) is 0 Å². The number of aliphatic imine (C=N–C) groups is 1. The Morgan fingerprint density at radius 3 is 2.60 bits per heavy atom. The van der Waals surface area contributed by atoms with Gasteiger partial charge in [-0.15, -0.1) is 0 Å². The van der Waals surface area contributed by atoms with E-state index < -0.39 is 11.9 Å². The van der Waals surface area contributed by atoms with Gasteiger partial charge in [-0.25, -0.2) is 4.99 Å². The third-order valence-electron chi connectivity index (χ3n) is 1.59. The molecule has 82 valence electrons. The zero-order valence-electron chi connectivity index (χ0n) is 7.62. The second-order valence-corrected chi connectivity index (χ2v) is 2.75. The Morgan fingerprint density at radius 2 is 2.07 bits per heavy atom. The number of nitrogens with zero attached hydrogens (tertiary/aromatic N) is 2. The van der Waals surface area contributed by atoms with Gasteiger partial charge in [-0.1, -0.05) is 6.07 Å². The maximum atomic E-state index is 12.4. The van der Waals surface area contributed by atoms with Crippen LogP contribution in [0, 0.1) is 0 Å². The third kappa shape index (κ3) is 3.12. The van der Waals surface area contributed by atoms with Gasteiger partial charge in [0.25, 0.3) is 0 Å². The third-order valence-corrected chi connectivity index (χ3v) is 1.59. The predicted molar refractivity (Wildman–Crippen MR) is 48.8 cm³/mol. The summed E-state index contributed by atoms with van der Waals surface area (Å²) in [6.45, 7) is -0.231. The number of guanidine groups is 1.